The molecular formula is C32H38F3N5O2. The highest BCUT2D eigenvalue weighted by molar-refractivity contribution is 5.95. The molecule has 0 spiro atoms. The molecule has 7 nitrogen and oxygen atoms in total. The average Bonchev–Trinajstić information content (AvgIpc) is 3.44. The second-order valence-corrected chi connectivity index (χ2v) is 11.7. The molecule has 3 heterocycles. The first-order valence-electron chi connectivity index (χ1n) is 14.7. The van der Waals surface area contributed by atoms with Gasteiger partial charge in [0.15, 0.2) is 0 Å². The van der Waals surface area contributed by atoms with Crippen LogP contribution in [0.1, 0.15) is 56.2 Å². The number of fused-ring (bicyclic) bond motifs is 3. The molecule has 0 N–H and O–H groups in total. The second-order valence-electron chi connectivity index (χ2n) is 11.7. The number of para-hydroxylation sites is 1. The van der Waals surface area contributed by atoms with E-state index in [0.29, 0.717) is 13.1 Å². The first-order valence-corrected chi connectivity index (χ1v) is 14.7. The van der Waals surface area contributed by atoms with Gasteiger partial charge in [0.05, 0.1) is 11.8 Å². The number of rotatable bonds is 5. The molecule has 1 fully saturated rings. The highest BCUT2D eigenvalue weighted by Gasteiger charge is 2.36. The summed E-state index contributed by atoms with van der Waals surface area (Å²) >= 11 is 0. The molecule has 1 saturated heterocycles. The molecule has 1 aromatic heterocycles. The Balaban J connectivity index is 1.52. The van der Waals surface area contributed by atoms with Crippen LogP contribution >= 0.6 is 0 Å². The van der Waals surface area contributed by atoms with Crippen molar-refractivity contribution in [2.75, 3.05) is 18.0 Å². The van der Waals surface area contributed by atoms with Crippen LogP contribution in [0.3, 0.4) is 0 Å². The Morgan fingerprint density at radius 1 is 0.976 bits per heavy atom. The summed E-state index contributed by atoms with van der Waals surface area (Å²) in [5.74, 6) is -0.495. The number of hydrogen-bond acceptors (Lipinski definition) is 4. The summed E-state index contributed by atoms with van der Waals surface area (Å²) in [5, 5.41) is 3.83. The van der Waals surface area contributed by atoms with Crippen LogP contribution < -0.4 is 4.90 Å². The predicted octanol–water partition coefficient (Wildman–Crippen LogP) is 5.75. The summed E-state index contributed by atoms with van der Waals surface area (Å²) in [7, 11) is 0. The van der Waals surface area contributed by atoms with Gasteiger partial charge >= 0.3 is 6.18 Å². The number of halogens is 3. The van der Waals surface area contributed by atoms with Crippen LogP contribution in [0.5, 0.6) is 0 Å². The van der Waals surface area contributed by atoms with Gasteiger partial charge in [-0.15, -0.1) is 0 Å². The lowest BCUT2D eigenvalue weighted by Gasteiger charge is -2.44. The van der Waals surface area contributed by atoms with Crippen LogP contribution in [0.25, 0.3) is 0 Å². The van der Waals surface area contributed by atoms with Crippen molar-refractivity contribution in [3.05, 3.63) is 83.7 Å². The Morgan fingerprint density at radius 3 is 2.40 bits per heavy atom. The van der Waals surface area contributed by atoms with Crippen LogP contribution in [0, 0.1) is 5.92 Å². The number of alkyl halides is 3. The van der Waals surface area contributed by atoms with E-state index in [2.05, 4.69) is 22.1 Å². The van der Waals surface area contributed by atoms with Crippen molar-refractivity contribution in [1.82, 2.24) is 19.6 Å². The summed E-state index contributed by atoms with van der Waals surface area (Å²) in [6.07, 6.45) is 0.799. The number of aromatic nitrogens is 2. The number of piperidine rings is 1. The Labute approximate surface area is 244 Å². The van der Waals surface area contributed by atoms with E-state index in [0.717, 1.165) is 60.6 Å². The van der Waals surface area contributed by atoms with E-state index < -0.39 is 11.7 Å². The van der Waals surface area contributed by atoms with Crippen molar-refractivity contribution >= 4 is 17.5 Å². The molecule has 2 atom stereocenters. The number of hydrogen-bond donors (Lipinski definition) is 0. The van der Waals surface area contributed by atoms with E-state index >= 15 is 0 Å². The molecule has 2 aliphatic heterocycles. The highest BCUT2D eigenvalue weighted by Crippen LogP contribution is 2.33. The van der Waals surface area contributed by atoms with E-state index in [9.17, 15) is 22.8 Å². The zero-order valence-corrected chi connectivity index (χ0v) is 24.1. The van der Waals surface area contributed by atoms with Gasteiger partial charge in [-0.3, -0.25) is 19.2 Å². The molecule has 42 heavy (non-hydrogen) atoms. The van der Waals surface area contributed by atoms with Gasteiger partial charge in [0, 0.05) is 56.1 Å². The summed E-state index contributed by atoms with van der Waals surface area (Å²) in [5.41, 5.74) is 1.91. The molecule has 3 aromatic rings. The fourth-order valence-electron chi connectivity index (χ4n) is 6.17. The van der Waals surface area contributed by atoms with Gasteiger partial charge in [0.2, 0.25) is 11.8 Å². The lowest BCUT2D eigenvalue weighted by atomic mass is 9.92. The van der Waals surface area contributed by atoms with Crippen LogP contribution in [-0.2, 0) is 35.4 Å². The van der Waals surface area contributed by atoms with Gasteiger partial charge in [0.25, 0.3) is 0 Å². The Kier molecular flexibility index (Phi) is 9.01. The fraction of sp³-hybridized carbons (Fsp3) is 0.469. The molecule has 224 valence electrons. The summed E-state index contributed by atoms with van der Waals surface area (Å²) in [6, 6.07) is 18.2. The molecule has 2 aliphatic rings. The quantitative estimate of drug-likeness (QED) is 0.385. The van der Waals surface area contributed by atoms with Crippen LogP contribution in [0.2, 0.25) is 0 Å². The maximum absolute atomic E-state index is 13.8. The van der Waals surface area contributed by atoms with Gasteiger partial charge in [-0.25, -0.2) is 0 Å². The number of benzene rings is 2. The lowest BCUT2D eigenvalue weighted by molar-refractivity contribution is -0.138. The molecule has 0 aliphatic carbocycles. The maximum Gasteiger partial charge on any atom is 0.419 e. The average molecular weight is 582 g/mol. The molecule has 2 amide bonds. The largest absolute Gasteiger partial charge is 0.419 e. The van der Waals surface area contributed by atoms with E-state index in [1.165, 1.54) is 5.56 Å². The third kappa shape index (κ3) is 6.86. The number of nitrogens with zero attached hydrogens (tertiary/aromatic N) is 5. The van der Waals surface area contributed by atoms with Crippen molar-refractivity contribution in [2.45, 2.75) is 77.4 Å². The number of amides is 2. The normalized spacial score (nSPS) is 20.2. The zero-order chi connectivity index (χ0) is 29.9. The van der Waals surface area contributed by atoms with Gasteiger partial charge in [-0.2, -0.15) is 18.3 Å². The molecule has 0 radical (unpaired) electrons. The molecule has 2 bridgehead atoms. The smallest absolute Gasteiger partial charge is 0.335 e. The Morgan fingerprint density at radius 2 is 1.69 bits per heavy atom. The minimum atomic E-state index is -4.53. The summed E-state index contributed by atoms with van der Waals surface area (Å²) in [4.78, 5) is 33.4. The van der Waals surface area contributed by atoms with Crippen LogP contribution in [-0.4, -0.2) is 56.6 Å². The first-order chi connectivity index (χ1) is 20.1. The third-order valence-electron chi connectivity index (χ3n) is 8.35. The standard InChI is InChI=1S/C32H38F3N5O2/c1-23(2)31(42)39-16-15-27-12-8-13-28(40(27)18-24-9-4-3-5-10-24)21-37(19-25-11-6-7-14-29(25)39)30(41)22-38-20-26(17-36-38)32(33,34)35/h3-7,9-11,14,17,20,23,27-28H,8,12-13,15-16,18-19,21-22H2,1-2H3. The van der Waals surface area contributed by atoms with E-state index in [-0.39, 0.29) is 42.9 Å². The molecule has 0 saturated carbocycles. The Bertz CT molecular complexity index is 1370. The van der Waals surface area contributed by atoms with E-state index in [1.807, 2.05) is 61.2 Å². The van der Waals surface area contributed by atoms with Gasteiger partial charge in [0.1, 0.15) is 6.54 Å². The predicted molar refractivity (Wildman–Crippen MR) is 154 cm³/mol. The van der Waals surface area contributed by atoms with Crippen molar-refractivity contribution in [2.24, 2.45) is 5.92 Å². The van der Waals surface area contributed by atoms with E-state index in [4.69, 9.17) is 0 Å². The zero-order valence-electron chi connectivity index (χ0n) is 24.1. The maximum atomic E-state index is 13.8. The van der Waals surface area contributed by atoms with Crippen molar-refractivity contribution in [3.63, 3.8) is 0 Å². The van der Waals surface area contributed by atoms with Crippen LogP contribution in [0.4, 0.5) is 18.9 Å². The van der Waals surface area contributed by atoms with Crippen LogP contribution in [0.15, 0.2) is 67.0 Å². The van der Waals surface area contributed by atoms with Crippen molar-refractivity contribution < 1.29 is 22.8 Å². The van der Waals surface area contributed by atoms with Gasteiger partial charge in [-0.05, 0) is 36.5 Å². The third-order valence-corrected chi connectivity index (χ3v) is 8.35. The summed E-state index contributed by atoms with van der Waals surface area (Å²) in [6.45, 7) is 5.44. The Hall–Kier alpha value is -3.66. The second kappa shape index (κ2) is 12.7. The summed E-state index contributed by atoms with van der Waals surface area (Å²) < 4.78 is 40.7. The minimum absolute atomic E-state index is 0.0257. The number of anilines is 1. The highest BCUT2D eigenvalue weighted by atomic mass is 19.4. The van der Waals surface area contributed by atoms with Gasteiger partial charge < -0.3 is 9.80 Å². The lowest BCUT2D eigenvalue weighted by Crippen LogP contribution is -2.52. The molecule has 10 heteroatoms. The van der Waals surface area contributed by atoms with Crippen molar-refractivity contribution in [1.29, 1.82) is 0 Å². The molecule has 2 unspecified atom stereocenters. The number of carbonyl (C=O) groups is 2. The fourth-order valence-corrected chi connectivity index (χ4v) is 6.17. The molecule has 5 rings (SSSR count). The molecule has 2 aromatic carbocycles. The minimum Gasteiger partial charge on any atom is -0.335 e. The first kappa shape index (κ1) is 29.8. The monoisotopic (exact) mass is 581 g/mol. The topological polar surface area (TPSA) is 61.7 Å². The van der Waals surface area contributed by atoms with Crippen molar-refractivity contribution in [3.8, 4) is 0 Å². The molecular weight excluding hydrogens is 543 g/mol. The van der Waals surface area contributed by atoms with Gasteiger partial charge in [-0.1, -0.05) is 68.8 Å². The SMILES string of the molecule is CC(C)C(=O)N1CCC2CCCC(CN(C(=O)Cn3cc(C(F)(F)F)cn3)Cc3ccccc31)N2Cc1ccccc1. The van der Waals surface area contributed by atoms with E-state index in [1.54, 1.807) is 4.90 Å². The number of carbonyl (C=O) groups excluding carboxylic acids is 2.